The summed E-state index contributed by atoms with van der Waals surface area (Å²) in [5, 5.41) is 0. The number of hydrogen-bond donors (Lipinski definition) is 0. The minimum absolute atomic E-state index is 0.0139. The predicted octanol–water partition coefficient (Wildman–Crippen LogP) is 8.18. The molecule has 2 aromatic rings. The number of benzene rings is 2. The summed E-state index contributed by atoms with van der Waals surface area (Å²) >= 11 is 0. The highest BCUT2D eigenvalue weighted by Crippen LogP contribution is 2.46. The van der Waals surface area contributed by atoms with Crippen LogP contribution in [0.5, 0.6) is 11.5 Å². The topological polar surface area (TPSA) is 18.5 Å². The lowest BCUT2D eigenvalue weighted by Gasteiger charge is -2.41. The van der Waals surface area contributed by atoms with Crippen molar-refractivity contribution in [2.75, 3.05) is 14.2 Å². The van der Waals surface area contributed by atoms with E-state index in [1.807, 2.05) is 0 Å². The molecule has 2 nitrogen and oxygen atoms in total. The standard InChI is InChI=1S/C28H42O2/c1-6-8-10-12-22-28(23(3)13-11-9-7-2,24-14-18-26(29-4)19-15-24)25-16-20-27(30-5)21-17-25/h14-21,23H,6-13,22H2,1-5H3. The van der Waals surface area contributed by atoms with Crippen molar-refractivity contribution in [1.82, 2.24) is 0 Å². The van der Waals surface area contributed by atoms with Crippen molar-refractivity contribution in [2.45, 2.75) is 84.0 Å². The fourth-order valence-corrected chi connectivity index (χ4v) is 4.83. The summed E-state index contributed by atoms with van der Waals surface area (Å²) in [6.45, 7) is 7.03. The molecule has 0 bridgehead atoms. The van der Waals surface area contributed by atoms with E-state index in [4.69, 9.17) is 9.47 Å². The van der Waals surface area contributed by atoms with E-state index in [0.29, 0.717) is 5.92 Å². The molecule has 0 N–H and O–H groups in total. The lowest BCUT2D eigenvalue weighted by molar-refractivity contribution is 0.286. The molecule has 0 amide bonds. The average Bonchev–Trinajstić information content (AvgIpc) is 2.80. The summed E-state index contributed by atoms with van der Waals surface area (Å²) in [6.07, 6.45) is 11.4. The molecule has 0 aromatic heterocycles. The lowest BCUT2D eigenvalue weighted by atomic mass is 9.62. The maximum atomic E-state index is 5.45. The Morgan fingerprint density at radius 3 is 1.57 bits per heavy atom. The highest BCUT2D eigenvalue weighted by Gasteiger charge is 2.39. The molecule has 0 aliphatic rings. The van der Waals surface area contributed by atoms with Crippen LogP contribution in [-0.4, -0.2) is 14.2 Å². The van der Waals surface area contributed by atoms with Gasteiger partial charge in [-0.05, 0) is 54.2 Å². The van der Waals surface area contributed by atoms with E-state index < -0.39 is 0 Å². The molecule has 0 spiro atoms. The number of methoxy groups -OCH3 is 2. The van der Waals surface area contributed by atoms with Crippen molar-refractivity contribution >= 4 is 0 Å². The van der Waals surface area contributed by atoms with Crippen LogP contribution in [0.4, 0.5) is 0 Å². The average molecular weight is 411 g/mol. The fraction of sp³-hybridized carbons (Fsp3) is 0.571. The van der Waals surface area contributed by atoms with E-state index in [1.165, 1.54) is 68.9 Å². The summed E-state index contributed by atoms with van der Waals surface area (Å²) in [7, 11) is 3.48. The van der Waals surface area contributed by atoms with Crippen molar-refractivity contribution in [3.63, 3.8) is 0 Å². The van der Waals surface area contributed by atoms with Gasteiger partial charge in [0.1, 0.15) is 11.5 Å². The summed E-state index contributed by atoms with van der Waals surface area (Å²) in [6, 6.07) is 17.7. The number of ether oxygens (including phenoxy) is 2. The molecule has 2 rings (SSSR count). The monoisotopic (exact) mass is 410 g/mol. The lowest BCUT2D eigenvalue weighted by Crippen LogP contribution is -2.35. The molecule has 0 aliphatic carbocycles. The molecule has 30 heavy (non-hydrogen) atoms. The first-order valence-electron chi connectivity index (χ1n) is 11.9. The van der Waals surface area contributed by atoms with Crippen LogP contribution in [0.25, 0.3) is 0 Å². The second kappa shape index (κ2) is 12.7. The minimum Gasteiger partial charge on any atom is -0.497 e. The van der Waals surface area contributed by atoms with E-state index in [1.54, 1.807) is 14.2 Å². The van der Waals surface area contributed by atoms with Crippen molar-refractivity contribution in [1.29, 1.82) is 0 Å². The van der Waals surface area contributed by atoms with E-state index in [2.05, 4.69) is 69.3 Å². The summed E-state index contributed by atoms with van der Waals surface area (Å²) < 4.78 is 10.9. The SMILES string of the molecule is CCCCCCC(c1ccc(OC)cc1)(c1ccc(OC)cc1)C(C)CCCCC. The second-order valence-electron chi connectivity index (χ2n) is 8.64. The second-order valence-corrected chi connectivity index (χ2v) is 8.64. The first-order chi connectivity index (χ1) is 14.6. The Kier molecular flexibility index (Phi) is 10.3. The normalized spacial score (nSPS) is 12.6. The summed E-state index contributed by atoms with van der Waals surface area (Å²) in [4.78, 5) is 0. The molecule has 0 saturated heterocycles. The van der Waals surface area contributed by atoms with E-state index in [-0.39, 0.29) is 5.41 Å². The first-order valence-corrected chi connectivity index (χ1v) is 11.9. The van der Waals surface area contributed by atoms with Gasteiger partial charge in [0, 0.05) is 5.41 Å². The molecule has 0 fully saturated rings. The van der Waals surface area contributed by atoms with Crippen molar-refractivity contribution in [3.05, 3.63) is 59.7 Å². The molecule has 0 heterocycles. The van der Waals surface area contributed by atoms with Crippen LogP contribution in [0.2, 0.25) is 0 Å². The molecular formula is C28H42O2. The van der Waals surface area contributed by atoms with Crippen LogP contribution in [0.15, 0.2) is 48.5 Å². The quantitative estimate of drug-likeness (QED) is 0.292. The molecule has 0 radical (unpaired) electrons. The Morgan fingerprint density at radius 2 is 1.13 bits per heavy atom. The molecule has 166 valence electrons. The Bertz CT molecular complexity index is 655. The van der Waals surface area contributed by atoms with Crippen molar-refractivity contribution < 1.29 is 9.47 Å². The minimum atomic E-state index is 0.0139. The Hall–Kier alpha value is -1.96. The van der Waals surface area contributed by atoms with Crippen LogP contribution < -0.4 is 9.47 Å². The van der Waals surface area contributed by atoms with Crippen molar-refractivity contribution in [3.8, 4) is 11.5 Å². The summed E-state index contributed by atoms with van der Waals surface area (Å²) in [5.74, 6) is 2.41. The molecular weight excluding hydrogens is 368 g/mol. The van der Waals surface area contributed by atoms with Gasteiger partial charge in [0.2, 0.25) is 0 Å². The maximum Gasteiger partial charge on any atom is 0.118 e. The van der Waals surface area contributed by atoms with Crippen LogP contribution in [0.3, 0.4) is 0 Å². The number of rotatable bonds is 14. The van der Waals surface area contributed by atoms with Gasteiger partial charge in [0.05, 0.1) is 14.2 Å². The van der Waals surface area contributed by atoms with Gasteiger partial charge in [-0.2, -0.15) is 0 Å². The Balaban J connectivity index is 2.51. The number of hydrogen-bond acceptors (Lipinski definition) is 2. The Morgan fingerprint density at radius 1 is 0.667 bits per heavy atom. The first kappa shape index (κ1) is 24.3. The molecule has 0 saturated carbocycles. The number of unbranched alkanes of at least 4 members (excludes halogenated alkanes) is 5. The van der Waals surface area contributed by atoms with E-state index >= 15 is 0 Å². The van der Waals surface area contributed by atoms with Gasteiger partial charge in [-0.25, -0.2) is 0 Å². The third-order valence-corrected chi connectivity index (χ3v) is 6.72. The van der Waals surface area contributed by atoms with Crippen LogP contribution in [-0.2, 0) is 5.41 Å². The highest BCUT2D eigenvalue weighted by atomic mass is 16.5. The van der Waals surface area contributed by atoms with Crippen molar-refractivity contribution in [2.24, 2.45) is 5.92 Å². The molecule has 0 aliphatic heterocycles. The fourth-order valence-electron chi connectivity index (χ4n) is 4.83. The molecule has 1 unspecified atom stereocenters. The van der Waals surface area contributed by atoms with Gasteiger partial charge in [0.25, 0.3) is 0 Å². The smallest absolute Gasteiger partial charge is 0.118 e. The molecule has 2 aromatic carbocycles. The predicted molar refractivity (Wildman–Crippen MR) is 129 cm³/mol. The largest absolute Gasteiger partial charge is 0.497 e. The Labute approximate surface area is 185 Å². The van der Waals surface area contributed by atoms with Gasteiger partial charge >= 0.3 is 0 Å². The van der Waals surface area contributed by atoms with Crippen LogP contribution in [0, 0.1) is 5.92 Å². The molecule has 1 atom stereocenters. The third kappa shape index (κ3) is 6.03. The van der Waals surface area contributed by atoms with Crippen LogP contribution in [0.1, 0.15) is 89.7 Å². The van der Waals surface area contributed by atoms with Crippen LogP contribution >= 0.6 is 0 Å². The van der Waals surface area contributed by atoms with E-state index in [0.717, 1.165) is 11.5 Å². The summed E-state index contributed by atoms with van der Waals surface area (Å²) in [5.41, 5.74) is 2.84. The van der Waals surface area contributed by atoms with Gasteiger partial charge in [-0.3, -0.25) is 0 Å². The van der Waals surface area contributed by atoms with Gasteiger partial charge in [-0.15, -0.1) is 0 Å². The van der Waals surface area contributed by atoms with Gasteiger partial charge in [0.15, 0.2) is 0 Å². The zero-order chi connectivity index (χ0) is 21.8. The zero-order valence-corrected chi connectivity index (χ0v) is 19.9. The third-order valence-electron chi connectivity index (χ3n) is 6.72. The van der Waals surface area contributed by atoms with Gasteiger partial charge < -0.3 is 9.47 Å². The van der Waals surface area contributed by atoms with E-state index in [9.17, 15) is 0 Å². The maximum absolute atomic E-state index is 5.45. The highest BCUT2D eigenvalue weighted by molar-refractivity contribution is 5.44. The zero-order valence-electron chi connectivity index (χ0n) is 19.9. The van der Waals surface area contributed by atoms with Gasteiger partial charge in [-0.1, -0.05) is 90.0 Å². The molecule has 2 heteroatoms.